The third-order valence-corrected chi connectivity index (χ3v) is 3.26. The van der Waals surface area contributed by atoms with Gasteiger partial charge in [-0.25, -0.2) is 8.78 Å². The van der Waals surface area contributed by atoms with E-state index in [1.807, 2.05) is 13.1 Å². The molecule has 0 radical (unpaired) electrons. The van der Waals surface area contributed by atoms with Crippen molar-refractivity contribution in [3.05, 3.63) is 70.3 Å². The smallest absolute Gasteiger partial charge is 0.129 e. The standard InChI is InChI=1S/C16H17F2N/c1-10-7-13(8-11(2)15(10)18)16(19-3)12-5-4-6-14(17)9-12/h4-9,16,19H,1-3H3. The average Bonchev–Trinajstić information content (AvgIpc) is 2.37. The number of hydrogen-bond donors (Lipinski definition) is 1. The lowest BCUT2D eigenvalue weighted by Gasteiger charge is -2.19. The second kappa shape index (κ2) is 5.49. The summed E-state index contributed by atoms with van der Waals surface area (Å²) in [6, 6.07) is 9.90. The van der Waals surface area contributed by atoms with Gasteiger partial charge < -0.3 is 5.32 Å². The summed E-state index contributed by atoms with van der Waals surface area (Å²) >= 11 is 0. The van der Waals surface area contributed by atoms with Gasteiger partial charge in [-0.3, -0.25) is 0 Å². The first kappa shape index (κ1) is 13.7. The number of aryl methyl sites for hydroxylation is 2. The molecule has 0 spiro atoms. The minimum Gasteiger partial charge on any atom is -0.309 e. The van der Waals surface area contributed by atoms with Crippen LogP contribution in [0.3, 0.4) is 0 Å². The van der Waals surface area contributed by atoms with Crippen LogP contribution in [0, 0.1) is 25.5 Å². The maximum Gasteiger partial charge on any atom is 0.129 e. The van der Waals surface area contributed by atoms with Crippen molar-refractivity contribution in [2.24, 2.45) is 0 Å². The number of halogens is 2. The van der Waals surface area contributed by atoms with Crippen molar-refractivity contribution in [3.8, 4) is 0 Å². The van der Waals surface area contributed by atoms with E-state index in [0.29, 0.717) is 11.1 Å². The van der Waals surface area contributed by atoms with Crippen molar-refractivity contribution in [1.82, 2.24) is 5.32 Å². The summed E-state index contributed by atoms with van der Waals surface area (Å²) in [4.78, 5) is 0. The van der Waals surface area contributed by atoms with E-state index in [2.05, 4.69) is 5.32 Å². The fourth-order valence-corrected chi connectivity index (χ4v) is 2.36. The van der Waals surface area contributed by atoms with Crippen LogP contribution in [0.2, 0.25) is 0 Å². The van der Waals surface area contributed by atoms with Gasteiger partial charge in [-0.2, -0.15) is 0 Å². The molecular formula is C16H17F2N. The van der Waals surface area contributed by atoms with Gasteiger partial charge in [-0.15, -0.1) is 0 Å². The van der Waals surface area contributed by atoms with Gasteiger partial charge in [0.15, 0.2) is 0 Å². The lowest BCUT2D eigenvalue weighted by molar-refractivity contribution is 0.602. The topological polar surface area (TPSA) is 12.0 Å². The average molecular weight is 261 g/mol. The Morgan fingerprint density at radius 3 is 2.11 bits per heavy atom. The van der Waals surface area contributed by atoms with Gasteiger partial charge in [0.25, 0.3) is 0 Å². The van der Waals surface area contributed by atoms with E-state index in [1.54, 1.807) is 32.0 Å². The molecule has 1 N–H and O–H groups in total. The molecule has 2 aromatic carbocycles. The summed E-state index contributed by atoms with van der Waals surface area (Å²) in [5.74, 6) is -0.453. The van der Waals surface area contributed by atoms with Crippen molar-refractivity contribution in [1.29, 1.82) is 0 Å². The van der Waals surface area contributed by atoms with E-state index in [-0.39, 0.29) is 17.7 Å². The highest BCUT2D eigenvalue weighted by molar-refractivity contribution is 5.37. The predicted octanol–water partition coefficient (Wildman–Crippen LogP) is 3.89. The van der Waals surface area contributed by atoms with Crippen molar-refractivity contribution in [2.75, 3.05) is 7.05 Å². The molecule has 0 heterocycles. The number of benzene rings is 2. The Morgan fingerprint density at radius 1 is 0.947 bits per heavy atom. The molecule has 0 fully saturated rings. The lowest BCUT2D eigenvalue weighted by atomic mass is 9.95. The van der Waals surface area contributed by atoms with Crippen molar-refractivity contribution >= 4 is 0 Å². The van der Waals surface area contributed by atoms with Crippen LogP contribution in [0.5, 0.6) is 0 Å². The monoisotopic (exact) mass is 261 g/mol. The van der Waals surface area contributed by atoms with Crippen molar-refractivity contribution < 1.29 is 8.78 Å². The second-order valence-electron chi connectivity index (χ2n) is 4.75. The normalized spacial score (nSPS) is 12.5. The number of hydrogen-bond acceptors (Lipinski definition) is 1. The van der Waals surface area contributed by atoms with Crippen LogP contribution < -0.4 is 5.32 Å². The molecule has 0 aliphatic rings. The van der Waals surface area contributed by atoms with Gasteiger partial charge in [-0.05, 0) is 55.3 Å². The lowest BCUT2D eigenvalue weighted by Crippen LogP contribution is -2.18. The molecule has 100 valence electrons. The van der Waals surface area contributed by atoms with Crippen molar-refractivity contribution in [2.45, 2.75) is 19.9 Å². The molecule has 0 bridgehead atoms. The Bertz CT molecular complexity index is 570. The van der Waals surface area contributed by atoms with Crippen LogP contribution in [0.25, 0.3) is 0 Å². The van der Waals surface area contributed by atoms with Gasteiger partial charge in [0.2, 0.25) is 0 Å². The van der Waals surface area contributed by atoms with Crippen LogP contribution >= 0.6 is 0 Å². The highest BCUT2D eigenvalue weighted by Crippen LogP contribution is 2.25. The zero-order valence-electron chi connectivity index (χ0n) is 11.3. The molecular weight excluding hydrogens is 244 g/mol. The summed E-state index contributed by atoms with van der Waals surface area (Å²) in [7, 11) is 1.81. The van der Waals surface area contributed by atoms with Gasteiger partial charge in [-0.1, -0.05) is 24.3 Å². The molecule has 0 aliphatic heterocycles. The van der Waals surface area contributed by atoms with E-state index >= 15 is 0 Å². The van der Waals surface area contributed by atoms with Gasteiger partial charge in [0.1, 0.15) is 11.6 Å². The fraction of sp³-hybridized carbons (Fsp3) is 0.250. The minimum absolute atomic E-state index is 0.145. The van der Waals surface area contributed by atoms with E-state index < -0.39 is 0 Å². The minimum atomic E-state index is -0.270. The number of nitrogens with one attached hydrogen (secondary N) is 1. The predicted molar refractivity (Wildman–Crippen MR) is 73.2 cm³/mol. The first-order valence-corrected chi connectivity index (χ1v) is 6.22. The summed E-state index contributed by atoms with van der Waals surface area (Å²) < 4.78 is 27.0. The third-order valence-electron chi connectivity index (χ3n) is 3.26. The summed E-state index contributed by atoms with van der Waals surface area (Å²) in [5, 5.41) is 3.15. The van der Waals surface area contributed by atoms with Crippen LogP contribution in [0.1, 0.15) is 28.3 Å². The summed E-state index contributed by atoms with van der Waals surface area (Å²) in [6.45, 7) is 3.48. The summed E-state index contributed by atoms with van der Waals surface area (Å²) in [5.41, 5.74) is 2.97. The molecule has 1 nitrogen and oxygen atoms in total. The van der Waals surface area contributed by atoms with E-state index in [9.17, 15) is 8.78 Å². The van der Waals surface area contributed by atoms with Crippen LogP contribution in [-0.2, 0) is 0 Å². The van der Waals surface area contributed by atoms with E-state index in [1.165, 1.54) is 12.1 Å². The molecule has 0 saturated heterocycles. The Labute approximate surface area is 112 Å². The second-order valence-corrected chi connectivity index (χ2v) is 4.75. The molecule has 19 heavy (non-hydrogen) atoms. The maximum absolute atomic E-state index is 13.7. The largest absolute Gasteiger partial charge is 0.309 e. The Morgan fingerprint density at radius 2 is 1.58 bits per heavy atom. The maximum atomic E-state index is 13.7. The van der Waals surface area contributed by atoms with Gasteiger partial charge in [0, 0.05) is 0 Å². The fourth-order valence-electron chi connectivity index (χ4n) is 2.36. The van der Waals surface area contributed by atoms with E-state index in [4.69, 9.17) is 0 Å². The molecule has 2 rings (SSSR count). The summed E-state index contributed by atoms with van der Waals surface area (Å²) in [6.07, 6.45) is 0. The Balaban J connectivity index is 2.48. The Kier molecular flexibility index (Phi) is 3.96. The zero-order valence-corrected chi connectivity index (χ0v) is 11.3. The zero-order chi connectivity index (χ0) is 14.0. The highest BCUT2D eigenvalue weighted by atomic mass is 19.1. The molecule has 1 unspecified atom stereocenters. The quantitative estimate of drug-likeness (QED) is 0.883. The molecule has 1 atom stereocenters. The molecule has 0 aliphatic carbocycles. The highest BCUT2D eigenvalue weighted by Gasteiger charge is 2.15. The van der Waals surface area contributed by atoms with Gasteiger partial charge in [0.05, 0.1) is 6.04 Å². The first-order chi connectivity index (χ1) is 9.02. The van der Waals surface area contributed by atoms with Crippen LogP contribution in [-0.4, -0.2) is 7.05 Å². The van der Waals surface area contributed by atoms with Gasteiger partial charge >= 0.3 is 0 Å². The SMILES string of the molecule is CNC(c1cccc(F)c1)c1cc(C)c(F)c(C)c1. The molecule has 2 aromatic rings. The molecule has 0 aromatic heterocycles. The van der Waals surface area contributed by atoms with E-state index in [0.717, 1.165) is 11.1 Å². The molecule has 3 heteroatoms. The molecule has 0 amide bonds. The van der Waals surface area contributed by atoms with Crippen LogP contribution in [0.15, 0.2) is 36.4 Å². The Hall–Kier alpha value is -1.74. The van der Waals surface area contributed by atoms with Crippen LogP contribution in [0.4, 0.5) is 8.78 Å². The first-order valence-electron chi connectivity index (χ1n) is 6.22. The number of rotatable bonds is 3. The third kappa shape index (κ3) is 2.82. The van der Waals surface area contributed by atoms with Crippen molar-refractivity contribution in [3.63, 3.8) is 0 Å². The molecule has 0 saturated carbocycles.